The molecule has 1 N–H and O–H groups in total. The molecule has 1 nitrogen and oxygen atoms in total. The van der Waals surface area contributed by atoms with Crippen LogP contribution in [0.15, 0.2) is 18.2 Å². The molecule has 0 atom stereocenters. The molecule has 0 unspecified atom stereocenters. The average Bonchev–Trinajstić information content (AvgIpc) is 2.14. The highest BCUT2D eigenvalue weighted by Crippen LogP contribution is 2.30. The molecule has 1 rings (SSSR count). The molecule has 0 heterocycles. The van der Waals surface area contributed by atoms with Crippen LogP contribution in [0.4, 0.5) is 17.6 Å². The molecule has 0 amide bonds. The van der Waals surface area contributed by atoms with Gasteiger partial charge in [0.15, 0.2) is 0 Å². The zero-order chi connectivity index (χ0) is 12.3. The van der Waals surface area contributed by atoms with Crippen molar-refractivity contribution in [2.75, 3.05) is 0 Å². The van der Waals surface area contributed by atoms with Gasteiger partial charge in [0.25, 0.3) is 0 Å². The molecule has 0 spiro atoms. The van der Waals surface area contributed by atoms with Gasteiger partial charge in [-0.1, -0.05) is 13.8 Å². The zero-order valence-corrected chi connectivity index (χ0v) is 9.03. The molecule has 0 aliphatic carbocycles. The van der Waals surface area contributed by atoms with E-state index in [1.165, 1.54) is 0 Å². The first-order chi connectivity index (χ1) is 7.30. The molecule has 0 fully saturated rings. The van der Waals surface area contributed by atoms with E-state index in [1.807, 2.05) is 13.8 Å². The van der Waals surface area contributed by atoms with Gasteiger partial charge in [0.2, 0.25) is 0 Å². The van der Waals surface area contributed by atoms with Crippen LogP contribution in [0, 0.1) is 5.82 Å². The molecular weight excluding hydrogens is 222 g/mol. The van der Waals surface area contributed by atoms with Gasteiger partial charge >= 0.3 is 6.18 Å². The van der Waals surface area contributed by atoms with Crippen LogP contribution >= 0.6 is 0 Å². The highest BCUT2D eigenvalue weighted by atomic mass is 19.4. The number of benzene rings is 1. The summed E-state index contributed by atoms with van der Waals surface area (Å²) in [6.45, 7) is 3.77. The van der Waals surface area contributed by atoms with Gasteiger partial charge in [-0.05, 0) is 18.2 Å². The Bertz CT molecular complexity index is 357. The Kier molecular flexibility index (Phi) is 3.91. The summed E-state index contributed by atoms with van der Waals surface area (Å²) < 4.78 is 50.3. The van der Waals surface area contributed by atoms with Gasteiger partial charge in [-0.3, -0.25) is 0 Å². The number of nitrogens with one attached hydrogen (secondary N) is 1. The van der Waals surface area contributed by atoms with E-state index < -0.39 is 17.6 Å². The van der Waals surface area contributed by atoms with Gasteiger partial charge in [-0.25, -0.2) is 4.39 Å². The highest BCUT2D eigenvalue weighted by Gasteiger charge is 2.30. The first-order valence-corrected chi connectivity index (χ1v) is 4.89. The predicted molar refractivity (Wildman–Crippen MR) is 53.4 cm³/mol. The van der Waals surface area contributed by atoms with E-state index >= 15 is 0 Å². The topological polar surface area (TPSA) is 12.0 Å². The normalized spacial score (nSPS) is 12.2. The van der Waals surface area contributed by atoms with E-state index in [0.717, 1.165) is 18.2 Å². The lowest BCUT2D eigenvalue weighted by Crippen LogP contribution is -2.22. The molecule has 16 heavy (non-hydrogen) atoms. The summed E-state index contributed by atoms with van der Waals surface area (Å²) in [5.74, 6) is -0.624. The van der Waals surface area contributed by atoms with Crippen molar-refractivity contribution in [2.24, 2.45) is 0 Å². The second-order valence-corrected chi connectivity index (χ2v) is 3.84. The molecule has 0 aliphatic rings. The Morgan fingerprint density at radius 2 is 1.88 bits per heavy atom. The summed E-state index contributed by atoms with van der Waals surface area (Å²) in [6, 6.07) is 2.52. The van der Waals surface area contributed by atoms with Gasteiger partial charge < -0.3 is 5.32 Å². The van der Waals surface area contributed by atoms with Crippen LogP contribution in [0.2, 0.25) is 0 Å². The van der Waals surface area contributed by atoms with Crippen LogP contribution in [0.3, 0.4) is 0 Å². The zero-order valence-electron chi connectivity index (χ0n) is 9.03. The third-order valence-electron chi connectivity index (χ3n) is 2.07. The lowest BCUT2D eigenvalue weighted by atomic mass is 10.1. The SMILES string of the molecule is CC(C)NCc1cc(C(F)(F)F)ccc1F. The number of rotatable bonds is 3. The molecule has 0 radical (unpaired) electrons. The van der Waals surface area contributed by atoms with E-state index in [9.17, 15) is 17.6 Å². The fourth-order valence-electron chi connectivity index (χ4n) is 1.20. The van der Waals surface area contributed by atoms with E-state index in [1.54, 1.807) is 0 Å². The molecule has 1 aromatic carbocycles. The predicted octanol–water partition coefficient (Wildman–Crippen LogP) is 3.34. The Hall–Kier alpha value is -1.10. The number of hydrogen-bond acceptors (Lipinski definition) is 1. The molecule has 1 aromatic rings. The molecular formula is C11H13F4N. The van der Waals surface area contributed by atoms with Crippen LogP contribution in [-0.4, -0.2) is 6.04 Å². The van der Waals surface area contributed by atoms with Gasteiger partial charge in [-0.15, -0.1) is 0 Å². The monoisotopic (exact) mass is 235 g/mol. The fourth-order valence-corrected chi connectivity index (χ4v) is 1.20. The van der Waals surface area contributed by atoms with Crippen molar-refractivity contribution >= 4 is 0 Å². The summed E-state index contributed by atoms with van der Waals surface area (Å²) in [7, 11) is 0. The van der Waals surface area contributed by atoms with Crippen molar-refractivity contribution in [1.29, 1.82) is 0 Å². The molecule has 0 saturated carbocycles. The van der Waals surface area contributed by atoms with Crippen LogP contribution in [-0.2, 0) is 12.7 Å². The minimum atomic E-state index is -4.43. The van der Waals surface area contributed by atoms with Crippen molar-refractivity contribution in [3.8, 4) is 0 Å². The van der Waals surface area contributed by atoms with Crippen molar-refractivity contribution in [3.63, 3.8) is 0 Å². The average molecular weight is 235 g/mol. The second-order valence-electron chi connectivity index (χ2n) is 3.84. The summed E-state index contributed by atoms with van der Waals surface area (Å²) in [4.78, 5) is 0. The van der Waals surface area contributed by atoms with Crippen LogP contribution in [0.25, 0.3) is 0 Å². The van der Waals surface area contributed by atoms with Crippen LogP contribution < -0.4 is 5.32 Å². The third kappa shape index (κ3) is 3.48. The lowest BCUT2D eigenvalue weighted by Gasteiger charge is -2.12. The lowest BCUT2D eigenvalue weighted by molar-refractivity contribution is -0.137. The van der Waals surface area contributed by atoms with Gasteiger partial charge in [-0.2, -0.15) is 13.2 Å². The molecule has 5 heteroatoms. The number of hydrogen-bond donors (Lipinski definition) is 1. The second kappa shape index (κ2) is 4.82. The summed E-state index contributed by atoms with van der Waals surface area (Å²) in [5.41, 5.74) is -0.794. The largest absolute Gasteiger partial charge is 0.416 e. The van der Waals surface area contributed by atoms with Crippen molar-refractivity contribution in [1.82, 2.24) is 5.32 Å². The van der Waals surface area contributed by atoms with Gasteiger partial charge in [0.1, 0.15) is 5.82 Å². The summed E-state index contributed by atoms with van der Waals surface area (Å²) in [5, 5.41) is 2.87. The smallest absolute Gasteiger partial charge is 0.310 e. The maximum atomic E-state index is 13.2. The molecule has 0 aliphatic heterocycles. The summed E-state index contributed by atoms with van der Waals surface area (Å²) in [6.07, 6.45) is -4.43. The van der Waals surface area contributed by atoms with Crippen LogP contribution in [0.5, 0.6) is 0 Å². The Labute approximate surface area is 91.5 Å². The quantitative estimate of drug-likeness (QED) is 0.792. The first-order valence-electron chi connectivity index (χ1n) is 4.89. The minimum absolute atomic E-state index is 0.0310. The maximum Gasteiger partial charge on any atom is 0.416 e. The molecule has 0 aromatic heterocycles. The Morgan fingerprint density at radius 1 is 1.25 bits per heavy atom. The number of alkyl halides is 3. The number of halogens is 4. The fraction of sp³-hybridized carbons (Fsp3) is 0.455. The Balaban J connectivity index is 2.91. The van der Waals surface area contributed by atoms with Crippen molar-refractivity contribution in [3.05, 3.63) is 35.1 Å². The van der Waals surface area contributed by atoms with E-state index in [4.69, 9.17) is 0 Å². The Morgan fingerprint density at radius 3 is 2.38 bits per heavy atom. The van der Waals surface area contributed by atoms with Crippen LogP contribution in [0.1, 0.15) is 25.0 Å². The molecule has 0 saturated heterocycles. The van der Waals surface area contributed by atoms with E-state index in [2.05, 4.69) is 5.32 Å². The standard InChI is InChI=1S/C11H13F4N/c1-7(2)16-6-8-5-9(11(13,14)15)3-4-10(8)12/h3-5,7,16H,6H2,1-2H3. The van der Waals surface area contributed by atoms with Gasteiger partial charge in [0, 0.05) is 18.2 Å². The molecule has 0 bridgehead atoms. The minimum Gasteiger partial charge on any atom is -0.310 e. The third-order valence-corrected chi connectivity index (χ3v) is 2.07. The maximum absolute atomic E-state index is 13.2. The summed E-state index contributed by atoms with van der Waals surface area (Å²) >= 11 is 0. The molecule has 90 valence electrons. The van der Waals surface area contributed by atoms with Gasteiger partial charge in [0.05, 0.1) is 5.56 Å². The van der Waals surface area contributed by atoms with Crippen molar-refractivity contribution < 1.29 is 17.6 Å². The van der Waals surface area contributed by atoms with E-state index in [0.29, 0.717) is 0 Å². The van der Waals surface area contributed by atoms with E-state index in [-0.39, 0.29) is 18.2 Å². The van der Waals surface area contributed by atoms with Crippen molar-refractivity contribution in [2.45, 2.75) is 32.6 Å². The first kappa shape index (κ1) is 13.0. The highest BCUT2D eigenvalue weighted by molar-refractivity contribution is 5.27.